The van der Waals surface area contributed by atoms with E-state index >= 15 is 0 Å². The summed E-state index contributed by atoms with van der Waals surface area (Å²) >= 11 is 3.33. The molecule has 1 rings (SSSR count). The number of nitrogens with zero attached hydrogens (tertiary/aromatic N) is 1. The lowest BCUT2D eigenvalue weighted by Gasteiger charge is -2.20. The Morgan fingerprint density at radius 1 is 1.50 bits per heavy atom. The average Bonchev–Trinajstić information content (AvgIpc) is 2.26. The van der Waals surface area contributed by atoms with E-state index in [1.807, 2.05) is 34.0 Å². The second-order valence-electron chi connectivity index (χ2n) is 4.36. The normalized spacial score (nSPS) is 11.5. The molecule has 1 aromatic heterocycles. The van der Waals surface area contributed by atoms with Crippen LogP contribution in [0.25, 0.3) is 0 Å². The fourth-order valence-corrected chi connectivity index (χ4v) is 1.68. The fraction of sp³-hybridized carbons (Fsp3) is 0.500. The summed E-state index contributed by atoms with van der Waals surface area (Å²) in [5.74, 6) is -0.0503. The van der Waals surface area contributed by atoms with Crippen molar-refractivity contribution in [2.24, 2.45) is 7.05 Å². The molecule has 4 heteroatoms. The van der Waals surface area contributed by atoms with E-state index in [1.165, 1.54) is 0 Å². The molecule has 1 aromatic rings. The van der Waals surface area contributed by atoms with Gasteiger partial charge in [0.25, 0.3) is 5.91 Å². The molecule has 78 valence electrons. The molecule has 0 aliphatic rings. The third-order valence-electron chi connectivity index (χ3n) is 1.69. The number of amides is 1. The highest BCUT2D eigenvalue weighted by Crippen LogP contribution is 2.14. The van der Waals surface area contributed by atoms with E-state index in [0.717, 1.165) is 4.47 Å². The first-order valence-electron chi connectivity index (χ1n) is 4.44. The number of hydrogen-bond acceptors (Lipinski definition) is 1. The summed E-state index contributed by atoms with van der Waals surface area (Å²) < 4.78 is 2.71. The standard InChI is InChI=1S/C10H15BrN2O/c1-10(2,3)12-9(14)8-5-7(11)6-13(8)4/h5-6H,1-4H3,(H,12,14). The number of hydrogen-bond donors (Lipinski definition) is 1. The van der Waals surface area contributed by atoms with Gasteiger partial charge in [0.1, 0.15) is 5.69 Å². The van der Waals surface area contributed by atoms with Crippen LogP contribution in [0.1, 0.15) is 31.3 Å². The number of carbonyl (C=O) groups excluding carboxylic acids is 1. The van der Waals surface area contributed by atoms with E-state index < -0.39 is 0 Å². The SMILES string of the molecule is Cn1cc(Br)cc1C(=O)NC(C)(C)C. The van der Waals surface area contributed by atoms with Crippen molar-refractivity contribution in [3.63, 3.8) is 0 Å². The van der Waals surface area contributed by atoms with E-state index in [0.29, 0.717) is 5.69 Å². The van der Waals surface area contributed by atoms with Crippen molar-refractivity contribution >= 4 is 21.8 Å². The monoisotopic (exact) mass is 258 g/mol. The van der Waals surface area contributed by atoms with E-state index in [2.05, 4.69) is 21.2 Å². The highest BCUT2D eigenvalue weighted by atomic mass is 79.9. The summed E-state index contributed by atoms with van der Waals surface area (Å²) in [6, 6.07) is 1.81. The van der Waals surface area contributed by atoms with Gasteiger partial charge in [0.05, 0.1) is 0 Å². The van der Waals surface area contributed by atoms with Crippen LogP contribution < -0.4 is 5.32 Å². The molecule has 1 amide bonds. The molecule has 0 aliphatic heterocycles. The lowest BCUT2D eigenvalue weighted by molar-refractivity contribution is 0.0911. The Balaban J connectivity index is 2.85. The van der Waals surface area contributed by atoms with Gasteiger partial charge in [-0.2, -0.15) is 0 Å². The summed E-state index contributed by atoms with van der Waals surface area (Å²) in [4.78, 5) is 11.7. The predicted molar refractivity (Wildman–Crippen MR) is 60.3 cm³/mol. The van der Waals surface area contributed by atoms with Crippen LogP contribution in [0.4, 0.5) is 0 Å². The van der Waals surface area contributed by atoms with Crippen LogP contribution in [0.15, 0.2) is 16.7 Å². The van der Waals surface area contributed by atoms with Crippen LogP contribution in [-0.4, -0.2) is 16.0 Å². The first kappa shape index (κ1) is 11.3. The van der Waals surface area contributed by atoms with Crippen molar-refractivity contribution in [2.45, 2.75) is 26.3 Å². The highest BCUT2D eigenvalue weighted by molar-refractivity contribution is 9.10. The highest BCUT2D eigenvalue weighted by Gasteiger charge is 2.17. The molecule has 0 unspecified atom stereocenters. The van der Waals surface area contributed by atoms with Crippen LogP contribution in [0.5, 0.6) is 0 Å². The molecule has 0 atom stereocenters. The van der Waals surface area contributed by atoms with Gasteiger partial charge in [0, 0.05) is 23.3 Å². The molecular weight excluding hydrogens is 244 g/mol. The van der Waals surface area contributed by atoms with Gasteiger partial charge < -0.3 is 9.88 Å². The van der Waals surface area contributed by atoms with Gasteiger partial charge in [0.15, 0.2) is 0 Å². The molecular formula is C10H15BrN2O. The Hall–Kier alpha value is -0.770. The minimum atomic E-state index is -0.201. The maximum absolute atomic E-state index is 11.7. The number of halogens is 1. The van der Waals surface area contributed by atoms with Gasteiger partial charge in [-0.05, 0) is 42.8 Å². The Kier molecular flexibility index (Phi) is 3.04. The molecule has 0 spiro atoms. The van der Waals surface area contributed by atoms with Crippen molar-refractivity contribution in [2.75, 3.05) is 0 Å². The maximum atomic E-state index is 11.7. The second-order valence-corrected chi connectivity index (χ2v) is 5.27. The van der Waals surface area contributed by atoms with Crippen LogP contribution in [0.3, 0.4) is 0 Å². The molecule has 0 saturated heterocycles. The quantitative estimate of drug-likeness (QED) is 0.825. The van der Waals surface area contributed by atoms with Crippen molar-refractivity contribution < 1.29 is 4.79 Å². The average molecular weight is 259 g/mol. The van der Waals surface area contributed by atoms with E-state index in [1.54, 1.807) is 10.6 Å². The molecule has 0 aliphatic carbocycles. The topological polar surface area (TPSA) is 34.0 Å². The van der Waals surface area contributed by atoms with Crippen LogP contribution in [0.2, 0.25) is 0 Å². The lowest BCUT2D eigenvalue weighted by Crippen LogP contribution is -2.41. The Labute approximate surface area is 92.6 Å². The summed E-state index contributed by atoms with van der Waals surface area (Å²) in [5, 5.41) is 2.91. The zero-order valence-electron chi connectivity index (χ0n) is 8.89. The summed E-state index contributed by atoms with van der Waals surface area (Å²) in [7, 11) is 1.85. The zero-order valence-corrected chi connectivity index (χ0v) is 10.5. The van der Waals surface area contributed by atoms with Crippen molar-refractivity contribution in [1.82, 2.24) is 9.88 Å². The molecule has 3 nitrogen and oxygen atoms in total. The van der Waals surface area contributed by atoms with Crippen molar-refractivity contribution in [3.8, 4) is 0 Å². The second kappa shape index (κ2) is 3.77. The number of carbonyl (C=O) groups is 1. The van der Waals surface area contributed by atoms with Crippen molar-refractivity contribution in [3.05, 3.63) is 22.4 Å². The smallest absolute Gasteiger partial charge is 0.268 e. The minimum absolute atomic E-state index is 0.0503. The predicted octanol–water partition coefficient (Wildman–Crippen LogP) is 2.32. The van der Waals surface area contributed by atoms with Gasteiger partial charge in [-0.25, -0.2) is 0 Å². The first-order chi connectivity index (χ1) is 6.29. The number of nitrogens with one attached hydrogen (secondary N) is 1. The molecule has 0 saturated carbocycles. The summed E-state index contributed by atoms with van der Waals surface area (Å²) in [5.41, 5.74) is 0.459. The lowest BCUT2D eigenvalue weighted by atomic mass is 10.1. The maximum Gasteiger partial charge on any atom is 0.268 e. The Morgan fingerprint density at radius 3 is 2.43 bits per heavy atom. The van der Waals surface area contributed by atoms with Crippen LogP contribution in [0, 0.1) is 0 Å². The van der Waals surface area contributed by atoms with Gasteiger partial charge in [-0.1, -0.05) is 0 Å². The zero-order chi connectivity index (χ0) is 10.9. The molecule has 1 N–H and O–H groups in total. The minimum Gasteiger partial charge on any atom is -0.346 e. The third kappa shape index (κ3) is 2.87. The van der Waals surface area contributed by atoms with E-state index in [9.17, 15) is 4.79 Å². The molecule has 14 heavy (non-hydrogen) atoms. The molecule has 0 aromatic carbocycles. The van der Waals surface area contributed by atoms with Gasteiger partial charge in [0.2, 0.25) is 0 Å². The fourth-order valence-electron chi connectivity index (χ4n) is 1.15. The van der Waals surface area contributed by atoms with Crippen LogP contribution >= 0.6 is 15.9 Å². The van der Waals surface area contributed by atoms with Gasteiger partial charge in [-0.15, -0.1) is 0 Å². The Bertz CT molecular complexity index is 349. The Morgan fingerprint density at radius 2 is 2.07 bits per heavy atom. The third-order valence-corrected chi connectivity index (χ3v) is 2.13. The van der Waals surface area contributed by atoms with Crippen LogP contribution in [-0.2, 0) is 7.05 Å². The van der Waals surface area contributed by atoms with E-state index in [-0.39, 0.29) is 11.4 Å². The van der Waals surface area contributed by atoms with E-state index in [4.69, 9.17) is 0 Å². The van der Waals surface area contributed by atoms with Gasteiger partial charge >= 0.3 is 0 Å². The molecule has 0 radical (unpaired) electrons. The number of rotatable bonds is 1. The first-order valence-corrected chi connectivity index (χ1v) is 5.23. The van der Waals surface area contributed by atoms with Gasteiger partial charge in [-0.3, -0.25) is 4.79 Å². The van der Waals surface area contributed by atoms with Crippen molar-refractivity contribution in [1.29, 1.82) is 0 Å². The molecule has 0 bridgehead atoms. The number of aryl methyl sites for hydroxylation is 1. The largest absolute Gasteiger partial charge is 0.346 e. The molecule has 1 heterocycles. The molecule has 0 fully saturated rings. The summed E-state index contributed by atoms with van der Waals surface area (Å²) in [6.07, 6.45) is 1.86. The summed E-state index contributed by atoms with van der Waals surface area (Å²) in [6.45, 7) is 5.88. The number of aromatic nitrogens is 1.